The molecule has 2 N–H and O–H groups in total. The van der Waals surface area contributed by atoms with Gasteiger partial charge < -0.3 is 15.0 Å². The van der Waals surface area contributed by atoms with Crippen LogP contribution in [0.15, 0.2) is 18.3 Å². The zero-order valence-corrected chi connectivity index (χ0v) is 25.4. The number of aryl methyl sites for hydroxylation is 1. The summed E-state index contributed by atoms with van der Waals surface area (Å²) in [6.07, 6.45) is -1.04. The molecule has 4 atom stereocenters. The number of halogens is 6. The van der Waals surface area contributed by atoms with Crippen LogP contribution in [-0.4, -0.2) is 81.1 Å². The number of anilines is 1. The van der Waals surface area contributed by atoms with Gasteiger partial charge in [0.05, 0.1) is 28.4 Å². The van der Waals surface area contributed by atoms with Gasteiger partial charge in [0.15, 0.2) is 5.82 Å². The fourth-order valence-electron chi connectivity index (χ4n) is 8.50. The third kappa shape index (κ3) is 4.62. The number of H-pyrrole nitrogens is 1. The molecule has 0 spiro atoms. The molecule has 46 heavy (non-hydrogen) atoms. The molecule has 0 aliphatic carbocycles. The first kappa shape index (κ1) is 29.7. The van der Waals surface area contributed by atoms with Crippen LogP contribution < -0.4 is 15.0 Å². The average Bonchev–Trinajstić information content (AvgIpc) is 3.73. The average molecular weight is 646 g/mol. The Hall–Kier alpha value is -3.65. The molecule has 4 aliphatic heterocycles. The van der Waals surface area contributed by atoms with E-state index in [0.717, 1.165) is 44.5 Å². The third-order valence-corrected chi connectivity index (χ3v) is 10.4. The number of ether oxygens (including phenoxy) is 1. The highest BCUT2D eigenvalue weighted by Crippen LogP contribution is 2.47. The van der Waals surface area contributed by atoms with E-state index in [2.05, 4.69) is 37.3 Å². The maximum atomic E-state index is 16.9. The van der Waals surface area contributed by atoms with Crippen LogP contribution in [-0.2, 0) is 6.18 Å². The molecular weight excluding hydrogens is 612 g/mol. The van der Waals surface area contributed by atoms with Crippen LogP contribution in [0.4, 0.5) is 32.2 Å². The van der Waals surface area contributed by atoms with Gasteiger partial charge in [-0.15, -0.1) is 0 Å². The number of nitrogens with one attached hydrogen (secondary N) is 2. The van der Waals surface area contributed by atoms with E-state index < -0.39 is 46.2 Å². The molecule has 4 saturated heterocycles. The zero-order chi connectivity index (χ0) is 32.2. The lowest BCUT2D eigenvalue weighted by Crippen LogP contribution is -2.58. The molecule has 0 radical (unpaired) electrons. The van der Waals surface area contributed by atoms with Crippen LogP contribution in [0, 0.1) is 18.6 Å². The third-order valence-electron chi connectivity index (χ3n) is 10.4. The zero-order valence-electron chi connectivity index (χ0n) is 25.4. The minimum absolute atomic E-state index is 0.0333. The highest BCUT2D eigenvalue weighted by atomic mass is 19.4. The van der Waals surface area contributed by atoms with Gasteiger partial charge in [-0.05, 0) is 63.8 Å². The van der Waals surface area contributed by atoms with Gasteiger partial charge in [0, 0.05) is 54.0 Å². The van der Waals surface area contributed by atoms with Crippen molar-refractivity contribution in [3.8, 4) is 17.1 Å². The molecule has 4 fully saturated rings. The number of aromatic amines is 1. The minimum Gasteiger partial charge on any atom is -0.461 e. The fourth-order valence-corrected chi connectivity index (χ4v) is 8.50. The first-order valence-corrected chi connectivity index (χ1v) is 15.6. The predicted octanol–water partition coefficient (Wildman–Crippen LogP) is 6.06. The number of hydrogen-bond donors (Lipinski definition) is 2. The Labute approximate surface area is 260 Å². The summed E-state index contributed by atoms with van der Waals surface area (Å²) >= 11 is 0. The molecule has 8 nitrogen and oxygen atoms in total. The summed E-state index contributed by atoms with van der Waals surface area (Å²) < 4.78 is 97.2. The van der Waals surface area contributed by atoms with Crippen LogP contribution in [0.1, 0.15) is 50.2 Å². The van der Waals surface area contributed by atoms with Crippen molar-refractivity contribution in [2.45, 2.75) is 75.4 Å². The molecule has 4 aliphatic rings. The summed E-state index contributed by atoms with van der Waals surface area (Å²) in [6, 6.07) is 2.22. The van der Waals surface area contributed by atoms with Crippen LogP contribution in [0.2, 0.25) is 0 Å². The van der Waals surface area contributed by atoms with Crippen LogP contribution in [0.25, 0.3) is 32.9 Å². The fraction of sp³-hybridized carbons (Fsp3) is 0.531. The maximum absolute atomic E-state index is 16.9. The van der Waals surface area contributed by atoms with Gasteiger partial charge in [-0.2, -0.15) is 28.2 Å². The Morgan fingerprint density at radius 3 is 2.70 bits per heavy atom. The summed E-state index contributed by atoms with van der Waals surface area (Å²) in [5.74, 6) is -2.18. The van der Waals surface area contributed by atoms with E-state index in [1.54, 1.807) is 0 Å². The molecule has 2 aromatic heterocycles. The largest absolute Gasteiger partial charge is 0.461 e. The molecule has 8 rings (SSSR count). The van der Waals surface area contributed by atoms with E-state index >= 15 is 8.78 Å². The Balaban J connectivity index is 1.32. The Morgan fingerprint density at radius 1 is 1.09 bits per heavy atom. The molecule has 0 saturated carbocycles. The number of nitrogens with zero attached hydrogens (tertiary/aromatic N) is 5. The normalized spacial score (nSPS) is 28.1. The number of aromatic nitrogens is 4. The van der Waals surface area contributed by atoms with E-state index in [1.165, 1.54) is 13.0 Å². The minimum atomic E-state index is -4.92. The van der Waals surface area contributed by atoms with Crippen molar-refractivity contribution in [3.63, 3.8) is 0 Å². The number of benzene rings is 2. The van der Waals surface area contributed by atoms with Crippen molar-refractivity contribution < 1.29 is 31.1 Å². The lowest BCUT2D eigenvalue weighted by molar-refractivity contribution is -0.137. The Kier molecular flexibility index (Phi) is 6.58. The molecule has 244 valence electrons. The molecule has 14 heteroatoms. The van der Waals surface area contributed by atoms with Crippen molar-refractivity contribution in [2.75, 3.05) is 37.7 Å². The summed E-state index contributed by atoms with van der Waals surface area (Å²) in [4.78, 5) is 13.0. The topological polar surface area (TPSA) is 82.2 Å². The van der Waals surface area contributed by atoms with Crippen LogP contribution >= 0.6 is 0 Å². The second kappa shape index (κ2) is 10.2. The van der Waals surface area contributed by atoms with E-state index in [-0.39, 0.29) is 57.4 Å². The number of alkyl halides is 4. The van der Waals surface area contributed by atoms with Crippen molar-refractivity contribution in [1.82, 2.24) is 30.4 Å². The van der Waals surface area contributed by atoms with Gasteiger partial charge in [-0.1, -0.05) is 0 Å². The second-order valence-electron chi connectivity index (χ2n) is 13.7. The van der Waals surface area contributed by atoms with Crippen LogP contribution in [0.5, 0.6) is 6.01 Å². The summed E-state index contributed by atoms with van der Waals surface area (Å²) in [5, 5.41) is 10.0. The van der Waals surface area contributed by atoms with Gasteiger partial charge in [0.2, 0.25) is 0 Å². The highest BCUT2D eigenvalue weighted by Gasteiger charge is 2.50. The van der Waals surface area contributed by atoms with E-state index in [4.69, 9.17) is 4.74 Å². The molecule has 4 aromatic rings. The van der Waals surface area contributed by atoms with E-state index in [0.29, 0.717) is 26.1 Å². The smallest absolute Gasteiger partial charge is 0.417 e. The van der Waals surface area contributed by atoms with Crippen molar-refractivity contribution >= 4 is 27.6 Å². The predicted molar refractivity (Wildman–Crippen MR) is 160 cm³/mol. The Morgan fingerprint density at radius 2 is 1.91 bits per heavy atom. The van der Waals surface area contributed by atoms with E-state index in [9.17, 15) is 17.6 Å². The molecular formula is C32H33F6N7O. The number of fused-ring (bicyclic) bond motifs is 5. The quantitative estimate of drug-likeness (QED) is 0.255. The van der Waals surface area contributed by atoms with Crippen molar-refractivity contribution in [3.05, 3.63) is 41.1 Å². The molecule has 0 amide bonds. The first-order valence-electron chi connectivity index (χ1n) is 15.6. The van der Waals surface area contributed by atoms with Crippen molar-refractivity contribution in [1.29, 1.82) is 0 Å². The van der Waals surface area contributed by atoms with Gasteiger partial charge in [-0.3, -0.25) is 10.00 Å². The number of piperazine rings is 1. The standard InChI is InChI=1S/C32H33F6N7O/c1-16-8-22-20(11-39-43-22)23(25(16)32(36,37)38)24-21(34)9-19-27(26(24)35)40-29(46-15-31-5-3-7-45(31)12-17(33)10-31)41-28(19)44-13-18-4-6-30(2,14-44)42-18/h8-9,11,17-18,42H,3-7,10,12-15H2,1-2H3,(H,39,43)/t17-,18-,30+,31+/m1/s1. The van der Waals surface area contributed by atoms with Crippen LogP contribution in [0.3, 0.4) is 0 Å². The maximum Gasteiger partial charge on any atom is 0.417 e. The lowest BCUT2D eigenvalue weighted by Gasteiger charge is -2.40. The van der Waals surface area contributed by atoms with Crippen molar-refractivity contribution in [2.24, 2.45) is 0 Å². The Bertz CT molecular complexity index is 1880. The number of hydrogen-bond acceptors (Lipinski definition) is 7. The summed E-state index contributed by atoms with van der Waals surface area (Å²) in [5.41, 5.74) is -3.80. The van der Waals surface area contributed by atoms with Gasteiger partial charge in [0.25, 0.3) is 0 Å². The summed E-state index contributed by atoms with van der Waals surface area (Å²) in [6.45, 7) is 5.45. The van der Waals surface area contributed by atoms with Gasteiger partial charge in [0.1, 0.15) is 29.9 Å². The lowest BCUT2D eigenvalue weighted by atomic mass is 9.90. The monoisotopic (exact) mass is 645 g/mol. The summed E-state index contributed by atoms with van der Waals surface area (Å²) in [7, 11) is 0. The van der Waals surface area contributed by atoms with Gasteiger partial charge in [-0.25, -0.2) is 13.2 Å². The number of rotatable bonds is 5. The highest BCUT2D eigenvalue weighted by molar-refractivity contribution is 6.01. The molecule has 6 heterocycles. The molecule has 2 bridgehead atoms. The SMILES string of the molecule is Cc1cc2[nH]ncc2c(-c2c(F)cc3c(N4C[C@H]5CC[C@@](C)(C4)N5)nc(OC[C@@]45CCCN4C[C@H](F)C5)nc3c2F)c1C(F)(F)F. The molecule has 2 aromatic carbocycles. The van der Waals surface area contributed by atoms with E-state index in [1.807, 2.05) is 4.90 Å². The molecule has 0 unspecified atom stereocenters. The van der Waals surface area contributed by atoms with Gasteiger partial charge >= 0.3 is 12.2 Å². The second-order valence-corrected chi connectivity index (χ2v) is 13.7. The first-order chi connectivity index (χ1) is 21.8.